The van der Waals surface area contributed by atoms with Crippen molar-refractivity contribution in [3.63, 3.8) is 0 Å². The summed E-state index contributed by atoms with van der Waals surface area (Å²) < 4.78 is 0. The van der Waals surface area contributed by atoms with E-state index in [0.717, 1.165) is 19.1 Å². The van der Waals surface area contributed by atoms with Gasteiger partial charge in [-0.1, -0.05) is 24.3 Å². The summed E-state index contributed by atoms with van der Waals surface area (Å²) in [6.07, 6.45) is 11.6. The fourth-order valence-electron chi connectivity index (χ4n) is 2.74. The Labute approximate surface area is 84.8 Å². The molecule has 3 rings (SSSR count). The summed E-state index contributed by atoms with van der Waals surface area (Å²) >= 11 is 0. The summed E-state index contributed by atoms with van der Waals surface area (Å²) in [5.41, 5.74) is 3.03. The van der Waals surface area contributed by atoms with Crippen LogP contribution < -0.4 is 10.6 Å². The molecule has 0 amide bonds. The zero-order valence-corrected chi connectivity index (χ0v) is 8.29. The van der Waals surface area contributed by atoms with Gasteiger partial charge in [0.05, 0.1) is 6.67 Å². The van der Waals surface area contributed by atoms with Crippen molar-refractivity contribution in [2.75, 3.05) is 13.2 Å². The zero-order chi connectivity index (χ0) is 9.38. The minimum Gasteiger partial charge on any atom is -0.375 e. The molecule has 1 heterocycles. The first kappa shape index (κ1) is 8.30. The number of nitrogens with one attached hydrogen (secondary N) is 2. The first-order chi connectivity index (χ1) is 6.95. The fraction of sp³-hybridized carbons (Fsp3) is 0.500. The number of fused-ring (bicyclic) bond motifs is 2. The second-order valence-electron chi connectivity index (χ2n) is 4.30. The normalized spacial score (nSPS) is 34.9. The van der Waals surface area contributed by atoms with Gasteiger partial charge in [0.25, 0.3) is 0 Å². The lowest BCUT2D eigenvalue weighted by atomic mass is 9.77. The summed E-state index contributed by atoms with van der Waals surface area (Å²) in [6.45, 7) is 2.08. The Hall–Kier alpha value is -1.02. The Bertz CT molecular complexity index is 325. The standard InChI is InChI=1S/C12H16N2/c1-2-4-11-9(3-1)5-6-10-7-13-8-14-12(10)11/h1-4,9-10,13-14H,5-8H2. The highest BCUT2D eigenvalue weighted by Crippen LogP contribution is 2.36. The van der Waals surface area contributed by atoms with Gasteiger partial charge in [0, 0.05) is 24.1 Å². The molecule has 14 heavy (non-hydrogen) atoms. The largest absolute Gasteiger partial charge is 0.375 e. The van der Waals surface area contributed by atoms with Gasteiger partial charge in [0.15, 0.2) is 0 Å². The van der Waals surface area contributed by atoms with Crippen LogP contribution in [0, 0.1) is 11.8 Å². The monoisotopic (exact) mass is 188 g/mol. The van der Waals surface area contributed by atoms with Crippen molar-refractivity contribution in [2.24, 2.45) is 11.8 Å². The summed E-state index contributed by atoms with van der Waals surface area (Å²) in [5, 5.41) is 6.90. The highest BCUT2D eigenvalue weighted by Gasteiger charge is 2.29. The van der Waals surface area contributed by atoms with Crippen molar-refractivity contribution >= 4 is 0 Å². The molecule has 2 heteroatoms. The molecule has 0 spiro atoms. The zero-order valence-electron chi connectivity index (χ0n) is 8.29. The van der Waals surface area contributed by atoms with Gasteiger partial charge in [0.2, 0.25) is 0 Å². The van der Waals surface area contributed by atoms with Crippen LogP contribution in [0.4, 0.5) is 0 Å². The summed E-state index contributed by atoms with van der Waals surface area (Å²) in [5.74, 6) is 1.41. The Morgan fingerprint density at radius 1 is 1.21 bits per heavy atom. The molecule has 3 aliphatic rings. The van der Waals surface area contributed by atoms with E-state index in [0.29, 0.717) is 5.92 Å². The van der Waals surface area contributed by atoms with Crippen LogP contribution in [0.1, 0.15) is 12.8 Å². The number of hydrogen-bond donors (Lipinski definition) is 2. The van der Waals surface area contributed by atoms with Crippen LogP contribution >= 0.6 is 0 Å². The molecule has 0 aromatic rings. The van der Waals surface area contributed by atoms with E-state index in [1.807, 2.05) is 0 Å². The lowest BCUT2D eigenvalue weighted by Gasteiger charge is -2.36. The van der Waals surface area contributed by atoms with Crippen molar-refractivity contribution < 1.29 is 0 Å². The molecule has 0 radical (unpaired) electrons. The van der Waals surface area contributed by atoms with E-state index < -0.39 is 0 Å². The second-order valence-corrected chi connectivity index (χ2v) is 4.30. The van der Waals surface area contributed by atoms with Crippen LogP contribution in [0.25, 0.3) is 0 Å². The molecule has 0 aromatic heterocycles. The molecule has 0 aromatic carbocycles. The molecule has 0 saturated carbocycles. The third-order valence-corrected chi connectivity index (χ3v) is 3.47. The second kappa shape index (κ2) is 3.28. The van der Waals surface area contributed by atoms with Crippen LogP contribution in [-0.4, -0.2) is 13.2 Å². The van der Waals surface area contributed by atoms with Crippen LogP contribution in [0.3, 0.4) is 0 Å². The van der Waals surface area contributed by atoms with Crippen molar-refractivity contribution in [3.05, 3.63) is 35.6 Å². The van der Waals surface area contributed by atoms with E-state index in [1.165, 1.54) is 24.1 Å². The van der Waals surface area contributed by atoms with Gasteiger partial charge in [-0.25, -0.2) is 0 Å². The minimum atomic E-state index is 0.678. The molecular weight excluding hydrogens is 172 g/mol. The van der Waals surface area contributed by atoms with Gasteiger partial charge in [0.1, 0.15) is 0 Å². The van der Waals surface area contributed by atoms with Gasteiger partial charge in [-0.2, -0.15) is 0 Å². The van der Waals surface area contributed by atoms with E-state index in [2.05, 4.69) is 34.9 Å². The van der Waals surface area contributed by atoms with Gasteiger partial charge in [-0.05, 0) is 18.4 Å². The molecule has 2 atom stereocenters. The lowest BCUT2D eigenvalue weighted by molar-refractivity contribution is 0.365. The molecule has 2 N–H and O–H groups in total. The Kier molecular flexibility index (Phi) is 1.95. The minimum absolute atomic E-state index is 0.678. The quantitative estimate of drug-likeness (QED) is 0.602. The molecule has 2 unspecified atom stereocenters. The Morgan fingerprint density at radius 3 is 3.21 bits per heavy atom. The smallest absolute Gasteiger partial charge is 0.0650 e. The predicted octanol–water partition coefficient (Wildman–Crippen LogP) is 1.54. The van der Waals surface area contributed by atoms with E-state index in [9.17, 15) is 0 Å². The molecule has 0 bridgehead atoms. The van der Waals surface area contributed by atoms with Gasteiger partial charge >= 0.3 is 0 Å². The number of allylic oxidation sites excluding steroid dienone is 5. The molecule has 74 valence electrons. The maximum atomic E-state index is 3.50. The van der Waals surface area contributed by atoms with Gasteiger partial charge in [-0.15, -0.1) is 0 Å². The topological polar surface area (TPSA) is 24.1 Å². The van der Waals surface area contributed by atoms with Crippen molar-refractivity contribution in [2.45, 2.75) is 12.8 Å². The third-order valence-electron chi connectivity index (χ3n) is 3.47. The molecule has 2 aliphatic carbocycles. The first-order valence-electron chi connectivity index (χ1n) is 5.48. The molecule has 1 aliphatic heterocycles. The van der Waals surface area contributed by atoms with E-state index in [1.54, 1.807) is 0 Å². The van der Waals surface area contributed by atoms with E-state index in [-0.39, 0.29) is 0 Å². The fourth-order valence-corrected chi connectivity index (χ4v) is 2.74. The number of hydrogen-bond acceptors (Lipinski definition) is 2. The predicted molar refractivity (Wildman–Crippen MR) is 57.5 cm³/mol. The first-order valence-corrected chi connectivity index (χ1v) is 5.48. The van der Waals surface area contributed by atoms with Crippen LogP contribution in [0.2, 0.25) is 0 Å². The van der Waals surface area contributed by atoms with Crippen LogP contribution in [-0.2, 0) is 0 Å². The maximum absolute atomic E-state index is 3.50. The van der Waals surface area contributed by atoms with E-state index in [4.69, 9.17) is 0 Å². The molecule has 2 nitrogen and oxygen atoms in total. The summed E-state index contributed by atoms with van der Waals surface area (Å²) in [4.78, 5) is 0. The van der Waals surface area contributed by atoms with Crippen molar-refractivity contribution in [1.82, 2.24) is 10.6 Å². The van der Waals surface area contributed by atoms with Crippen LogP contribution in [0.5, 0.6) is 0 Å². The SMILES string of the molecule is C1=CC2=C3NCNCC3CCC2C=C1. The Morgan fingerprint density at radius 2 is 2.21 bits per heavy atom. The van der Waals surface area contributed by atoms with E-state index >= 15 is 0 Å². The van der Waals surface area contributed by atoms with Crippen LogP contribution in [0.15, 0.2) is 35.6 Å². The number of rotatable bonds is 0. The molecule has 1 saturated heterocycles. The molecule has 1 fully saturated rings. The lowest BCUT2D eigenvalue weighted by Crippen LogP contribution is -2.44. The average molecular weight is 188 g/mol. The van der Waals surface area contributed by atoms with Crippen molar-refractivity contribution in [1.29, 1.82) is 0 Å². The highest BCUT2D eigenvalue weighted by atomic mass is 15.1. The highest BCUT2D eigenvalue weighted by molar-refractivity contribution is 5.39. The third kappa shape index (κ3) is 1.22. The van der Waals surface area contributed by atoms with Gasteiger partial charge < -0.3 is 5.32 Å². The maximum Gasteiger partial charge on any atom is 0.0650 e. The average Bonchev–Trinajstić information content (AvgIpc) is 2.29. The van der Waals surface area contributed by atoms with Gasteiger partial charge in [-0.3, -0.25) is 5.32 Å². The molecular formula is C12H16N2. The summed E-state index contributed by atoms with van der Waals surface area (Å²) in [7, 11) is 0. The Balaban J connectivity index is 2.00. The van der Waals surface area contributed by atoms with Crippen molar-refractivity contribution in [3.8, 4) is 0 Å². The summed E-state index contributed by atoms with van der Waals surface area (Å²) in [6, 6.07) is 0.